The van der Waals surface area contributed by atoms with Gasteiger partial charge in [0, 0.05) is 73.9 Å². The van der Waals surface area contributed by atoms with Crippen LogP contribution in [0.4, 0.5) is 5.69 Å². The molecule has 0 unspecified atom stereocenters. The van der Waals surface area contributed by atoms with E-state index in [-0.39, 0.29) is 17.7 Å². The van der Waals surface area contributed by atoms with Crippen LogP contribution in [0.15, 0.2) is 54.9 Å². The fourth-order valence-electron chi connectivity index (χ4n) is 4.71. The molecule has 2 aliphatic rings. The first-order valence-electron chi connectivity index (χ1n) is 11.6. The zero-order chi connectivity index (χ0) is 23.5. The number of likely N-dealkylation sites (tertiary alicyclic amines) is 1. The van der Waals surface area contributed by atoms with E-state index in [1.54, 1.807) is 23.4 Å². The quantitative estimate of drug-likeness (QED) is 0.621. The summed E-state index contributed by atoms with van der Waals surface area (Å²) in [6, 6.07) is 13.3. The molecule has 2 aliphatic heterocycles. The number of piperazine rings is 1. The van der Waals surface area contributed by atoms with Crippen LogP contribution < -0.4 is 4.90 Å². The maximum Gasteiger partial charge on any atom is 0.271 e. The van der Waals surface area contributed by atoms with Crippen molar-refractivity contribution in [2.75, 3.05) is 44.2 Å². The molecule has 176 valence electrons. The van der Waals surface area contributed by atoms with Crippen LogP contribution in [0.5, 0.6) is 0 Å². The molecule has 1 aromatic carbocycles. The molecule has 2 aromatic heterocycles. The highest BCUT2D eigenvalue weighted by Gasteiger charge is 2.32. The second kappa shape index (κ2) is 9.85. The Labute approximate surface area is 203 Å². The lowest BCUT2D eigenvalue weighted by Gasteiger charge is -2.39. The first-order chi connectivity index (χ1) is 16.6. The fourth-order valence-corrected chi connectivity index (χ4v) is 4.89. The number of aromatic amines is 1. The summed E-state index contributed by atoms with van der Waals surface area (Å²) in [6.07, 6.45) is 4.79. The van der Waals surface area contributed by atoms with Crippen molar-refractivity contribution in [1.29, 1.82) is 0 Å². The van der Waals surface area contributed by atoms with Gasteiger partial charge in [0.1, 0.15) is 5.69 Å². The number of aromatic nitrogens is 3. The summed E-state index contributed by atoms with van der Waals surface area (Å²) < 4.78 is 0. The zero-order valence-corrected chi connectivity index (χ0v) is 19.6. The van der Waals surface area contributed by atoms with E-state index >= 15 is 0 Å². The molecule has 4 heterocycles. The van der Waals surface area contributed by atoms with Gasteiger partial charge in [0.15, 0.2) is 0 Å². The molecule has 9 heteroatoms. The molecule has 3 aromatic rings. The van der Waals surface area contributed by atoms with Crippen LogP contribution in [0.25, 0.3) is 11.3 Å². The monoisotopic (exact) mass is 478 g/mol. The van der Waals surface area contributed by atoms with E-state index in [9.17, 15) is 9.59 Å². The van der Waals surface area contributed by atoms with Gasteiger partial charge in [0.25, 0.3) is 5.91 Å². The predicted octanol–water partition coefficient (Wildman–Crippen LogP) is 3.33. The minimum atomic E-state index is -0.0799. The number of nitrogens with one attached hydrogen (secondary N) is 1. The van der Waals surface area contributed by atoms with Gasteiger partial charge in [0.2, 0.25) is 5.91 Å². The standard InChI is InChI=1S/C25H27ClN6O2/c26-20-4-1-5-21(15-20)30-11-13-32(14-12-30)24(33)18-6-9-31(10-7-18)25(34)23-16-22(28-29-23)19-3-2-8-27-17-19/h1-5,8,15-18H,6-7,9-14H2,(H,28,29). The smallest absolute Gasteiger partial charge is 0.271 e. The number of benzene rings is 1. The molecule has 0 atom stereocenters. The molecular formula is C25H27ClN6O2. The third-order valence-corrected chi connectivity index (χ3v) is 6.90. The van der Waals surface area contributed by atoms with Crippen molar-refractivity contribution in [2.24, 2.45) is 5.92 Å². The number of carbonyl (C=O) groups is 2. The Morgan fingerprint density at radius 3 is 2.44 bits per heavy atom. The number of anilines is 1. The Morgan fingerprint density at radius 1 is 0.941 bits per heavy atom. The van der Waals surface area contributed by atoms with Gasteiger partial charge in [-0.1, -0.05) is 17.7 Å². The van der Waals surface area contributed by atoms with Crippen LogP contribution in [0.3, 0.4) is 0 Å². The van der Waals surface area contributed by atoms with Crippen LogP contribution in [-0.2, 0) is 4.79 Å². The van der Waals surface area contributed by atoms with E-state index in [1.165, 1.54) is 0 Å². The Kier molecular flexibility index (Phi) is 6.49. The van der Waals surface area contributed by atoms with E-state index in [2.05, 4.69) is 26.1 Å². The molecule has 2 amide bonds. The van der Waals surface area contributed by atoms with Gasteiger partial charge in [0.05, 0.1) is 5.69 Å². The SMILES string of the molecule is O=C(c1cc(-c2cccnc2)n[nH]1)N1CCC(C(=O)N2CCN(c3cccc(Cl)c3)CC2)CC1. The largest absolute Gasteiger partial charge is 0.368 e. The molecule has 0 saturated carbocycles. The van der Waals surface area contributed by atoms with Gasteiger partial charge in [-0.2, -0.15) is 5.10 Å². The van der Waals surface area contributed by atoms with Crippen molar-refractivity contribution in [3.8, 4) is 11.3 Å². The summed E-state index contributed by atoms with van der Waals surface area (Å²) in [5.74, 6) is 0.0939. The average molecular weight is 479 g/mol. The number of nitrogens with zero attached hydrogens (tertiary/aromatic N) is 5. The minimum Gasteiger partial charge on any atom is -0.368 e. The maximum absolute atomic E-state index is 13.1. The maximum atomic E-state index is 13.1. The van der Waals surface area contributed by atoms with Gasteiger partial charge < -0.3 is 14.7 Å². The molecule has 0 spiro atoms. The number of halogens is 1. The molecule has 8 nitrogen and oxygen atoms in total. The van der Waals surface area contributed by atoms with Gasteiger partial charge >= 0.3 is 0 Å². The molecule has 5 rings (SSSR count). The third-order valence-electron chi connectivity index (χ3n) is 6.66. The van der Waals surface area contributed by atoms with E-state index in [1.807, 2.05) is 35.2 Å². The van der Waals surface area contributed by atoms with Crippen LogP contribution in [0.2, 0.25) is 5.02 Å². The lowest BCUT2D eigenvalue weighted by atomic mass is 9.94. The van der Waals surface area contributed by atoms with Gasteiger partial charge in [-0.05, 0) is 49.2 Å². The van der Waals surface area contributed by atoms with E-state index in [4.69, 9.17) is 11.6 Å². The van der Waals surface area contributed by atoms with Crippen LogP contribution in [-0.4, -0.2) is 76.1 Å². The normalized spacial score (nSPS) is 17.1. The van der Waals surface area contributed by atoms with Crippen molar-refractivity contribution in [1.82, 2.24) is 25.0 Å². The second-order valence-corrected chi connectivity index (χ2v) is 9.20. The van der Waals surface area contributed by atoms with Crippen molar-refractivity contribution >= 4 is 29.1 Å². The topological polar surface area (TPSA) is 85.4 Å². The number of rotatable bonds is 4. The fraction of sp³-hybridized carbons (Fsp3) is 0.360. The van der Waals surface area contributed by atoms with E-state index in [0.29, 0.717) is 50.4 Å². The Balaban J connectivity index is 1.12. The molecule has 0 aliphatic carbocycles. The molecular weight excluding hydrogens is 452 g/mol. The van der Waals surface area contributed by atoms with Crippen molar-refractivity contribution in [2.45, 2.75) is 12.8 Å². The number of hydrogen-bond acceptors (Lipinski definition) is 5. The van der Waals surface area contributed by atoms with Crippen LogP contribution in [0, 0.1) is 5.92 Å². The summed E-state index contributed by atoms with van der Waals surface area (Å²) in [7, 11) is 0. The van der Waals surface area contributed by atoms with Crippen LogP contribution in [0.1, 0.15) is 23.3 Å². The Morgan fingerprint density at radius 2 is 1.74 bits per heavy atom. The summed E-state index contributed by atoms with van der Waals surface area (Å²) in [5, 5.41) is 7.83. The third kappa shape index (κ3) is 4.77. The van der Waals surface area contributed by atoms with E-state index < -0.39 is 0 Å². The van der Waals surface area contributed by atoms with E-state index in [0.717, 1.165) is 29.4 Å². The van der Waals surface area contributed by atoms with Gasteiger partial charge in [-0.25, -0.2) is 0 Å². The number of H-pyrrole nitrogens is 1. The number of piperidine rings is 1. The molecule has 34 heavy (non-hydrogen) atoms. The zero-order valence-electron chi connectivity index (χ0n) is 18.9. The average Bonchev–Trinajstić information content (AvgIpc) is 3.39. The molecule has 2 saturated heterocycles. The van der Waals surface area contributed by atoms with Crippen LogP contribution >= 0.6 is 11.6 Å². The predicted molar refractivity (Wildman–Crippen MR) is 131 cm³/mol. The lowest BCUT2D eigenvalue weighted by molar-refractivity contribution is -0.137. The summed E-state index contributed by atoms with van der Waals surface area (Å²) >= 11 is 6.12. The number of pyridine rings is 1. The molecule has 0 radical (unpaired) electrons. The van der Waals surface area contributed by atoms with Crippen molar-refractivity contribution in [3.05, 3.63) is 65.6 Å². The number of hydrogen-bond donors (Lipinski definition) is 1. The minimum absolute atomic E-state index is 0.0329. The Bertz CT molecular complexity index is 1150. The van der Waals surface area contributed by atoms with Crippen molar-refractivity contribution in [3.63, 3.8) is 0 Å². The summed E-state index contributed by atoms with van der Waals surface area (Å²) in [5.41, 5.74) is 3.11. The number of carbonyl (C=O) groups excluding carboxylic acids is 2. The van der Waals surface area contributed by atoms with Gasteiger partial charge in [-0.3, -0.25) is 19.7 Å². The molecule has 1 N–H and O–H groups in total. The van der Waals surface area contributed by atoms with Crippen molar-refractivity contribution < 1.29 is 9.59 Å². The first kappa shape index (κ1) is 22.4. The highest BCUT2D eigenvalue weighted by Crippen LogP contribution is 2.25. The highest BCUT2D eigenvalue weighted by molar-refractivity contribution is 6.30. The molecule has 2 fully saturated rings. The van der Waals surface area contributed by atoms with Gasteiger partial charge in [-0.15, -0.1) is 0 Å². The molecule has 0 bridgehead atoms. The lowest BCUT2D eigenvalue weighted by Crippen LogP contribution is -2.52. The Hall–Kier alpha value is -3.39. The summed E-state index contributed by atoms with van der Waals surface area (Å²) in [4.78, 5) is 36.2. The first-order valence-corrected chi connectivity index (χ1v) is 12.0. The second-order valence-electron chi connectivity index (χ2n) is 8.77. The summed E-state index contributed by atoms with van der Waals surface area (Å²) in [6.45, 7) is 4.13. The number of amides is 2. The highest BCUT2D eigenvalue weighted by atomic mass is 35.5.